The number of hydrogen-bond acceptors (Lipinski definition) is 18. The molecule has 3 saturated heterocycles. The van der Waals surface area contributed by atoms with Crippen LogP contribution < -0.4 is 5.32 Å². The number of aliphatic hydroxyl groups is 11. The van der Waals surface area contributed by atoms with Crippen LogP contribution >= 0.6 is 0 Å². The number of carbonyl (C=O) groups excluding carboxylic acids is 1. The zero-order valence-electron chi connectivity index (χ0n) is 54.1. The normalized spacial score (nSPS) is 28.8. The fourth-order valence-corrected chi connectivity index (χ4v) is 10.5. The first-order chi connectivity index (χ1) is 43.8. The van der Waals surface area contributed by atoms with Gasteiger partial charge in [-0.1, -0.05) is 212 Å². The first-order valence-electron chi connectivity index (χ1n) is 33.8. The van der Waals surface area contributed by atoms with E-state index in [0.29, 0.717) is 6.42 Å². The summed E-state index contributed by atoms with van der Waals surface area (Å²) in [5.41, 5.74) is 0. The van der Waals surface area contributed by atoms with Gasteiger partial charge in [-0.05, 0) is 89.9 Å². The third-order valence-corrected chi connectivity index (χ3v) is 16.0. The Morgan fingerprint density at radius 3 is 1.20 bits per heavy atom. The second-order valence-corrected chi connectivity index (χ2v) is 23.6. The number of hydrogen-bond donors (Lipinski definition) is 12. The minimum atomic E-state index is -1.99. The molecular weight excluding hydrogens is 1150 g/mol. The van der Waals surface area contributed by atoms with E-state index < -0.39 is 124 Å². The third kappa shape index (κ3) is 33.3. The van der Waals surface area contributed by atoms with Crippen molar-refractivity contribution in [2.75, 3.05) is 26.4 Å². The molecular formula is C71H117NO18. The Bertz CT molecular complexity index is 2100. The van der Waals surface area contributed by atoms with Crippen LogP contribution in [0.2, 0.25) is 0 Å². The van der Waals surface area contributed by atoms with E-state index >= 15 is 0 Å². The number of amides is 1. The van der Waals surface area contributed by atoms with Gasteiger partial charge >= 0.3 is 0 Å². The third-order valence-electron chi connectivity index (χ3n) is 16.0. The standard InChI is InChI=1S/C71H117NO18/c1-3-5-7-9-11-13-15-17-19-20-21-22-23-24-25-26-27-28-29-30-31-32-33-34-35-37-39-41-43-45-47-49-59(77)72-54(55(76)48-46-44-42-40-38-36-18-16-14-12-10-8-6-4-2)53-85-69-65(83)62(80)67(57(51-74)87-69)90-71-66(84)63(81)68(58(52-75)88-71)89-70-64(82)61(79)60(78)56(50-73)86-70/h5,7,11,13,17,19,21-22,24-25,27-28,30-31,33-34,37,39,46,48,54-58,60-71,73-76,78-84H,3-4,6,8-10,12,14-16,18,20,23,26,29,32,35-36,38,40-45,47,49-53H2,1-2H3,(H,72,77)/b7-5-,13-11-,19-17-,22-21-,25-24-,28-27-,31-30-,34-33-,39-37-,48-46+. The average molecular weight is 1270 g/mol. The summed E-state index contributed by atoms with van der Waals surface area (Å²) in [4.78, 5) is 13.4. The lowest BCUT2D eigenvalue weighted by Gasteiger charge is -2.48. The molecule has 0 saturated carbocycles. The van der Waals surface area contributed by atoms with Crippen LogP contribution in [0.4, 0.5) is 0 Å². The predicted octanol–water partition coefficient (Wildman–Crippen LogP) is 8.43. The van der Waals surface area contributed by atoms with Gasteiger partial charge in [-0.15, -0.1) is 0 Å². The number of carbonyl (C=O) groups is 1. The Labute approximate surface area is 538 Å². The molecule has 19 nitrogen and oxygen atoms in total. The molecule has 0 aromatic rings. The van der Waals surface area contributed by atoms with Crippen molar-refractivity contribution in [2.45, 2.75) is 291 Å². The van der Waals surface area contributed by atoms with Crippen LogP contribution in [0.1, 0.15) is 187 Å². The second-order valence-electron chi connectivity index (χ2n) is 23.6. The lowest BCUT2D eigenvalue weighted by atomic mass is 9.96. The van der Waals surface area contributed by atoms with E-state index in [-0.39, 0.29) is 18.9 Å². The fourth-order valence-electron chi connectivity index (χ4n) is 10.5. The van der Waals surface area contributed by atoms with E-state index in [9.17, 15) is 61.0 Å². The number of allylic oxidation sites excluding steroid dienone is 19. The first kappa shape index (κ1) is 80.4. The van der Waals surface area contributed by atoms with Crippen molar-refractivity contribution in [3.05, 3.63) is 122 Å². The number of nitrogens with one attached hydrogen (secondary N) is 1. The van der Waals surface area contributed by atoms with Crippen LogP contribution in [0.25, 0.3) is 0 Å². The molecule has 1 amide bonds. The van der Waals surface area contributed by atoms with Crippen molar-refractivity contribution in [2.24, 2.45) is 0 Å². The molecule has 514 valence electrons. The molecule has 0 aromatic heterocycles. The van der Waals surface area contributed by atoms with E-state index in [1.165, 1.54) is 57.8 Å². The van der Waals surface area contributed by atoms with E-state index in [1.807, 2.05) is 6.08 Å². The summed E-state index contributed by atoms with van der Waals surface area (Å²) in [6.45, 7) is 1.56. The monoisotopic (exact) mass is 1270 g/mol. The van der Waals surface area contributed by atoms with Crippen molar-refractivity contribution in [1.82, 2.24) is 5.32 Å². The van der Waals surface area contributed by atoms with Crippen LogP contribution in [0.15, 0.2) is 122 Å². The number of rotatable bonds is 49. The molecule has 90 heavy (non-hydrogen) atoms. The summed E-state index contributed by atoms with van der Waals surface area (Å²) in [6, 6.07) is -1.000. The summed E-state index contributed by atoms with van der Waals surface area (Å²) in [5.74, 6) is -0.314. The maximum absolute atomic E-state index is 13.4. The van der Waals surface area contributed by atoms with E-state index in [0.717, 1.165) is 103 Å². The van der Waals surface area contributed by atoms with Crippen molar-refractivity contribution in [1.29, 1.82) is 0 Å². The summed E-state index contributed by atoms with van der Waals surface area (Å²) in [5, 5.41) is 120. The summed E-state index contributed by atoms with van der Waals surface area (Å²) < 4.78 is 34.3. The molecule has 0 spiro atoms. The molecule has 3 heterocycles. The molecule has 0 radical (unpaired) electrons. The Balaban J connectivity index is 1.44. The van der Waals surface area contributed by atoms with Gasteiger partial charge in [0.2, 0.25) is 5.91 Å². The van der Waals surface area contributed by atoms with Gasteiger partial charge in [0, 0.05) is 6.42 Å². The highest BCUT2D eigenvalue weighted by atomic mass is 16.8. The topological polar surface area (TPSA) is 307 Å². The highest BCUT2D eigenvalue weighted by molar-refractivity contribution is 5.76. The van der Waals surface area contributed by atoms with Gasteiger partial charge in [0.25, 0.3) is 0 Å². The van der Waals surface area contributed by atoms with Gasteiger partial charge in [-0.3, -0.25) is 4.79 Å². The van der Waals surface area contributed by atoms with Crippen LogP contribution in [-0.2, 0) is 33.2 Å². The SMILES string of the molecule is CC/C=C\C/C=C\C/C=C\C/C=C\C/C=C\C/C=C\C/C=C\C/C=C\C/C=C\CCCCCC(=O)NC(COC1OC(CO)C(OC2OC(CO)C(OC3OC(CO)C(O)C(O)C3O)C(O)C2O)C(O)C1O)C(O)/C=C/CCCCCCCCCCCCCC. The molecule has 12 N–H and O–H groups in total. The van der Waals surface area contributed by atoms with Gasteiger partial charge in [-0.2, -0.15) is 0 Å². The average Bonchev–Trinajstić information content (AvgIpc) is 0.908. The Morgan fingerprint density at radius 1 is 0.411 bits per heavy atom. The van der Waals surface area contributed by atoms with Gasteiger partial charge in [0.1, 0.15) is 73.2 Å². The molecule has 19 heteroatoms. The molecule has 3 aliphatic heterocycles. The zero-order chi connectivity index (χ0) is 65.4. The Morgan fingerprint density at radius 2 is 0.767 bits per heavy atom. The Hall–Kier alpha value is -3.81. The lowest BCUT2D eigenvalue weighted by molar-refractivity contribution is -0.379. The van der Waals surface area contributed by atoms with Gasteiger partial charge in [-0.25, -0.2) is 0 Å². The van der Waals surface area contributed by atoms with Crippen LogP contribution in [0.5, 0.6) is 0 Å². The zero-order valence-corrected chi connectivity index (χ0v) is 54.1. The van der Waals surface area contributed by atoms with Crippen molar-refractivity contribution >= 4 is 5.91 Å². The number of unbranched alkanes of at least 4 members (excludes halogenated alkanes) is 15. The minimum absolute atomic E-state index is 0.195. The van der Waals surface area contributed by atoms with Gasteiger partial charge in [0.15, 0.2) is 18.9 Å². The molecule has 17 atom stereocenters. The Kier molecular flexibility index (Phi) is 46.1. The lowest BCUT2D eigenvalue weighted by Crippen LogP contribution is -2.66. The van der Waals surface area contributed by atoms with E-state index in [2.05, 4.69) is 129 Å². The van der Waals surface area contributed by atoms with E-state index in [1.54, 1.807) is 6.08 Å². The first-order valence-corrected chi connectivity index (χ1v) is 33.8. The van der Waals surface area contributed by atoms with Crippen molar-refractivity contribution < 1.29 is 89.4 Å². The maximum atomic E-state index is 13.4. The molecule has 3 aliphatic rings. The van der Waals surface area contributed by atoms with Crippen LogP contribution in [0, 0.1) is 0 Å². The van der Waals surface area contributed by atoms with Gasteiger partial charge in [0.05, 0.1) is 38.6 Å². The molecule has 0 aromatic carbocycles. The second kappa shape index (κ2) is 51.6. The molecule has 0 bridgehead atoms. The number of aliphatic hydroxyl groups excluding tert-OH is 11. The fraction of sp³-hybridized carbons (Fsp3) is 0.704. The number of ether oxygens (including phenoxy) is 6. The molecule has 17 unspecified atom stereocenters. The van der Waals surface area contributed by atoms with Gasteiger partial charge < -0.3 is 89.9 Å². The minimum Gasteiger partial charge on any atom is -0.394 e. The smallest absolute Gasteiger partial charge is 0.220 e. The van der Waals surface area contributed by atoms with Crippen LogP contribution in [0.3, 0.4) is 0 Å². The van der Waals surface area contributed by atoms with Crippen molar-refractivity contribution in [3.8, 4) is 0 Å². The van der Waals surface area contributed by atoms with E-state index in [4.69, 9.17) is 28.4 Å². The van der Waals surface area contributed by atoms with Crippen LogP contribution in [-0.4, -0.2) is 193 Å². The molecule has 0 aliphatic carbocycles. The highest BCUT2D eigenvalue weighted by Gasteiger charge is 2.53. The summed E-state index contributed by atoms with van der Waals surface area (Å²) in [7, 11) is 0. The summed E-state index contributed by atoms with van der Waals surface area (Å²) in [6.07, 6.45) is 43.1. The highest BCUT2D eigenvalue weighted by Crippen LogP contribution is 2.33. The predicted molar refractivity (Wildman–Crippen MR) is 350 cm³/mol. The molecule has 3 rings (SSSR count). The quantitative estimate of drug-likeness (QED) is 0.0201. The summed E-state index contributed by atoms with van der Waals surface area (Å²) >= 11 is 0. The maximum Gasteiger partial charge on any atom is 0.220 e. The largest absolute Gasteiger partial charge is 0.394 e. The van der Waals surface area contributed by atoms with Crippen molar-refractivity contribution in [3.63, 3.8) is 0 Å². The molecule has 3 fully saturated rings.